The van der Waals surface area contributed by atoms with Crippen LogP contribution in [0.25, 0.3) is 0 Å². The van der Waals surface area contributed by atoms with Gasteiger partial charge in [-0.1, -0.05) is 32.5 Å². The monoisotopic (exact) mass is 218 g/mol. The van der Waals surface area contributed by atoms with Crippen molar-refractivity contribution in [3.05, 3.63) is 0 Å². The van der Waals surface area contributed by atoms with E-state index < -0.39 is 11.9 Å². The highest BCUT2D eigenvalue weighted by molar-refractivity contribution is 8.14. The largest absolute Gasteiger partial charge is 0.481 e. The minimum atomic E-state index is -0.806. The van der Waals surface area contributed by atoms with Crippen molar-refractivity contribution in [2.24, 2.45) is 11.8 Å². The standard InChI is InChI=1S/C10H18O3S/c1-6(2)5-9(10(12)13)7(3)14-8(4)11/h6-7,9H,5H2,1-4H3,(H,12,13)/t7-,9-/m1/s1. The number of carbonyl (C=O) groups excluding carboxylic acids is 1. The van der Waals surface area contributed by atoms with E-state index in [9.17, 15) is 9.59 Å². The lowest BCUT2D eigenvalue weighted by Gasteiger charge is -2.20. The van der Waals surface area contributed by atoms with E-state index in [0.29, 0.717) is 12.3 Å². The summed E-state index contributed by atoms with van der Waals surface area (Å²) < 4.78 is 0. The maximum Gasteiger partial charge on any atom is 0.307 e. The molecule has 2 atom stereocenters. The van der Waals surface area contributed by atoms with E-state index in [2.05, 4.69) is 0 Å². The van der Waals surface area contributed by atoms with Crippen LogP contribution in [0, 0.1) is 11.8 Å². The molecule has 0 aliphatic carbocycles. The Bertz CT molecular complexity index is 213. The van der Waals surface area contributed by atoms with E-state index in [4.69, 9.17) is 5.11 Å². The lowest BCUT2D eigenvalue weighted by Crippen LogP contribution is -2.25. The number of carboxylic acid groups (broad SMARTS) is 1. The van der Waals surface area contributed by atoms with Crippen LogP contribution in [-0.4, -0.2) is 21.4 Å². The summed E-state index contributed by atoms with van der Waals surface area (Å²) in [5.41, 5.74) is 0. The van der Waals surface area contributed by atoms with Crippen LogP contribution >= 0.6 is 11.8 Å². The molecule has 0 aliphatic rings. The van der Waals surface area contributed by atoms with Crippen molar-refractivity contribution < 1.29 is 14.7 Å². The average molecular weight is 218 g/mol. The summed E-state index contributed by atoms with van der Waals surface area (Å²) in [6.07, 6.45) is 0.622. The fourth-order valence-corrected chi connectivity index (χ4v) is 2.26. The molecule has 0 radical (unpaired) electrons. The molecule has 0 fully saturated rings. The molecule has 0 aromatic rings. The van der Waals surface area contributed by atoms with E-state index in [1.54, 1.807) is 6.92 Å². The highest BCUT2D eigenvalue weighted by Gasteiger charge is 2.26. The molecule has 0 aliphatic heterocycles. The van der Waals surface area contributed by atoms with Crippen LogP contribution in [0.2, 0.25) is 0 Å². The highest BCUT2D eigenvalue weighted by atomic mass is 32.2. The third kappa shape index (κ3) is 5.27. The average Bonchev–Trinajstić information content (AvgIpc) is 1.97. The summed E-state index contributed by atoms with van der Waals surface area (Å²) >= 11 is 1.11. The number of rotatable bonds is 5. The Labute approximate surface area is 89.3 Å². The van der Waals surface area contributed by atoms with Crippen LogP contribution in [0.5, 0.6) is 0 Å². The molecule has 0 spiro atoms. The van der Waals surface area contributed by atoms with E-state index in [-0.39, 0.29) is 10.4 Å². The lowest BCUT2D eigenvalue weighted by atomic mass is 9.95. The zero-order valence-electron chi connectivity index (χ0n) is 9.11. The summed E-state index contributed by atoms with van der Waals surface area (Å²) in [5.74, 6) is -0.894. The first-order chi connectivity index (χ1) is 6.34. The lowest BCUT2D eigenvalue weighted by molar-refractivity contribution is -0.142. The van der Waals surface area contributed by atoms with Crippen molar-refractivity contribution in [1.82, 2.24) is 0 Å². The smallest absolute Gasteiger partial charge is 0.307 e. The predicted octanol–water partition coefficient (Wildman–Crippen LogP) is 2.40. The van der Waals surface area contributed by atoms with E-state index in [0.717, 1.165) is 11.8 Å². The quantitative estimate of drug-likeness (QED) is 0.770. The van der Waals surface area contributed by atoms with Gasteiger partial charge in [-0.05, 0) is 12.3 Å². The molecule has 0 aromatic heterocycles. The molecule has 0 unspecified atom stereocenters. The SMILES string of the molecule is CC(=O)S[C@H](C)[C@@H](CC(C)C)C(=O)O. The van der Waals surface area contributed by atoms with Gasteiger partial charge in [-0.15, -0.1) is 0 Å². The van der Waals surface area contributed by atoms with Crippen LogP contribution in [0.4, 0.5) is 0 Å². The minimum absolute atomic E-state index is 0.0208. The minimum Gasteiger partial charge on any atom is -0.481 e. The van der Waals surface area contributed by atoms with Crippen molar-refractivity contribution >= 4 is 22.8 Å². The van der Waals surface area contributed by atoms with Gasteiger partial charge in [-0.2, -0.15) is 0 Å². The maximum atomic E-state index is 10.9. The molecule has 0 saturated heterocycles. The van der Waals surface area contributed by atoms with E-state index in [1.807, 2.05) is 13.8 Å². The van der Waals surface area contributed by atoms with Gasteiger partial charge in [0, 0.05) is 12.2 Å². The Hall–Kier alpha value is -0.510. The molecule has 0 heterocycles. The molecule has 0 rings (SSSR count). The first-order valence-electron chi connectivity index (χ1n) is 4.74. The molecular formula is C10H18O3S. The number of aliphatic carboxylic acids is 1. The number of hydrogen-bond donors (Lipinski definition) is 1. The van der Waals surface area contributed by atoms with Crippen LogP contribution in [0.1, 0.15) is 34.1 Å². The normalized spacial score (nSPS) is 15.2. The second-order valence-electron chi connectivity index (χ2n) is 3.89. The second-order valence-corrected chi connectivity index (χ2v) is 5.44. The van der Waals surface area contributed by atoms with Crippen LogP contribution in [0.15, 0.2) is 0 Å². The first kappa shape index (κ1) is 13.5. The number of carboxylic acids is 1. The van der Waals surface area contributed by atoms with Gasteiger partial charge in [0.05, 0.1) is 5.92 Å². The molecule has 82 valence electrons. The fraction of sp³-hybridized carbons (Fsp3) is 0.800. The Balaban J connectivity index is 4.33. The van der Waals surface area contributed by atoms with Gasteiger partial charge in [0.15, 0.2) is 5.12 Å². The summed E-state index contributed by atoms with van der Waals surface area (Å²) in [4.78, 5) is 21.8. The van der Waals surface area contributed by atoms with Gasteiger partial charge >= 0.3 is 5.97 Å². The van der Waals surface area contributed by atoms with E-state index >= 15 is 0 Å². The van der Waals surface area contributed by atoms with Gasteiger partial charge in [0.25, 0.3) is 0 Å². The van der Waals surface area contributed by atoms with E-state index in [1.165, 1.54) is 6.92 Å². The Kier molecular flexibility index (Phi) is 5.84. The third-order valence-electron chi connectivity index (χ3n) is 1.96. The summed E-state index contributed by atoms with van der Waals surface area (Å²) in [7, 11) is 0. The summed E-state index contributed by atoms with van der Waals surface area (Å²) in [6.45, 7) is 7.24. The summed E-state index contributed by atoms with van der Waals surface area (Å²) in [5, 5.41) is 8.81. The summed E-state index contributed by atoms with van der Waals surface area (Å²) in [6, 6.07) is 0. The van der Waals surface area contributed by atoms with Gasteiger partial charge in [0.2, 0.25) is 0 Å². The molecule has 0 amide bonds. The molecule has 3 nitrogen and oxygen atoms in total. The topological polar surface area (TPSA) is 54.4 Å². The molecular weight excluding hydrogens is 200 g/mol. The van der Waals surface area contributed by atoms with Crippen LogP contribution in [0.3, 0.4) is 0 Å². The van der Waals surface area contributed by atoms with Crippen molar-refractivity contribution in [3.8, 4) is 0 Å². The molecule has 4 heteroatoms. The second kappa shape index (κ2) is 6.06. The number of hydrogen-bond acceptors (Lipinski definition) is 3. The Morgan fingerprint density at radius 3 is 2.07 bits per heavy atom. The molecule has 0 bridgehead atoms. The number of carbonyl (C=O) groups is 2. The molecule has 14 heavy (non-hydrogen) atoms. The van der Waals surface area contributed by atoms with Gasteiger partial charge in [-0.3, -0.25) is 9.59 Å². The van der Waals surface area contributed by atoms with Crippen molar-refractivity contribution in [1.29, 1.82) is 0 Å². The molecule has 0 aromatic carbocycles. The number of thioether (sulfide) groups is 1. The Morgan fingerprint density at radius 1 is 1.29 bits per heavy atom. The third-order valence-corrected chi connectivity index (χ3v) is 2.99. The first-order valence-corrected chi connectivity index (χ1v) is 5.62. The van der Waals surface area contributed by atoms with Crippen LogP contribution in [-0.2, 0) is 9.59 Å². The zero-order valence-corrected chi connectivity index (χ0v) is 9.93. The van der Waals surface area contributed by atoms with Gasteiger partial charge < -0.3 is 5.11 Å². The van der Waals surface area contributed by atoms with Gasteiger partial charge in [-0.25, -0.2) is 0 Å². The highest BCUT2D eigenvalue weighted by Crippen LogP contribution is 2.25. The van der Waals surface area contributed by atoms with Crippen molar-refractivity contribution in [2.45, 2.75) is 39.4 Å². The van der Waals surface area contributed by atoms with Gasteiger partial charge in [0.1, 0.15) is 0 Å². The predicted molar refractivity (Wildman–Crippen MR) is 58.3 cm³/mol. The molecule has 1 N–H and O–H groups in total. The fourth-order valence-electron chi connectivity index (χ4n) is 1.35. The molecule has 0 saturated carbocycles. The maximum absolute atomic E-state index is 10.9. The zero-order chi connectivity index (χ0) is 11.3. The van der Waals surface area contributed by atoms with Crippen LogP contribution < -0.4 is 0 Å². The van der Waals surface area contributed by atoms with Crippen molar-refractivity contribution in [2.75, 3.05) is 0 Å². The Morgan fingerprint density at radius 2 is 1.79 bits per heavy atom. The van der Waals surface area contributed by atoms with Crippen molar-refractivity contribution in [3.63, 3.8) is 0 Å².